The van der Waals surface area contributed by atoms with Gasteiger partial charge in [0.2, 0.25) is 5.91 Å². The van der Waals surface area contributed by atoms with Gasteiger partial charge in [-0.15, -0.1) is 0 Å². The molecule has 1 amide bonds. The molecule has 1 aliphatic carbocycles. The maximum Gasteiger partial charge on any atom is 0.248 e. The van der Waals surface area contributed by atoms with E-state index in [1.165, 1.54) is 25.6 Å². The van der Waals surface area contributed by atoms with Gasteiger partial charge in [0, 0.05) is 30.5 Å². The van der Waals surface area contributed by atoms with Crippen LogP contribution in [-0.4, -0.2) is 45.4 Å². The van der Waals surface area contributed by atoms with Crippen LogP contribution in [0.5, 0.6) is 0 Å². The lowest BCUT2D eigenvalue weighted by Gasteiger charge is -2.33. The number of anilines is 4. The van der Waals surface area contributed by atoms with Crippen molar-refractivity contribution in [2.75, 3.05) is 29.5 Å². The van der Waals surface area contributed by atoms with Gasteiger partial charge in [-0.1, -0.05) is 41.8 Å². The summed E-state index contributed by atoms with van der Waals surface area (Å²) < 4.78 is 0. The number of carbonyl (C=O) groups excluding carboxylic acids is 1. The minimum atomic E-state index is -0.245. The van der Waals surface area contributed by atoms with Crippen molar-refractivity contribution in [1.29, 1.82) is 0 Å². The van der Waals surface area contributed by atoms with E-state index in [1.807, 2.05) is 36.4 Å². The average Bonchev–Trinajstić information content (AvgIpc) is 2.89. The van der Waals surface area contributed by atoms with Crippen LogP contribution in [0.25, 0.3) is 10.9 Å². The predicted octanol–water partition coefficient (Wildman–Crippen LogP) is 6.67. The SMILES string of the molecule is CN(C/C=C/C(=O)Nc1ccc2ncnc(Nc3ccc(NCc4ccccn4)c(Cl)c3)c2c1Cl)C1CCC1. The zero-order valence-corrected chi connectivity index (χ0v) is 23.0. The first kappa shape index (κ1) is 26.9. The molecule has 4 aromatic rings. The minimum absolute atomic E-state index is 0.245. The highest BCUT2D eigenvalue weighted by atomic mass is 35.5. The van der Waals surface area contributed by atoms with E-state index in [0.717, 1.165) is 23.6 Å². The summed E-state index contributed by atoms with van der Waals surface area (Å²) in [4.78, 5) is 27.9. The molecular formula is C29H29Cl2N7O. The van der Waals surface area contributed by atoms with E-state index in [0.29, 0.717) is 45.0 Å². The van der Waals surface area contributed by atoms with Gasteiger partial charge in [-0.25, -0.2) is 9.97 Å². The summed E-state index contributed by atoms with van der Waals surface area (Å²) in [7, 11) is 2.08. The molecule has 0 unspecified atom stereocenters. The van der Waals surface area contributed by atoms with Gasteiger partial charge >= 0.3 is 0 Å². The normalized spacial score (nSPS) is 13.5. The number of amides is 1. The zero-order valence-electron chi connectivity index (χ0n) is 21.5. The number of carbonyl (C=O) groups is 1. The highest BCUT2D eigenvalue weighted by Crippen LogP contribution is 2.36. The molecule has 0 bridgehead atoms. The summed E-state index contributed by atoms with van der Waals surface area (Å²) in [5.74, 6) is 0.259. The van der Waals surface area contributed by atoms with E-state index in [9.17, 15) is 4.79 Å². The molecule has 3 N–H and O–H groups in total. The van der Waals surface area contributed by atoms with Crippen molar-refractivity contribution in [3.05, 3.63) is 88.9 Å². The Morgan fingerprint density at radius 3 is 2.67 bits per heavy atom. The summed E-state index contributed by atoms with van der Waals surface area (Å²) in [6, 6.07) is 15.5. The maximum absolute atomic E-state index is 12.6. The second-order valence-corrected chi connectivity index (χ2v) is 10.2. The third-order valence-electron chi connectivity index (χ3n) is 6.78. The number of pyridine rings is 1. The first-order valence-electron chi connectivity index (χ1n) is 12.8. The van der Waals surface area contributed by atoms with Crippen LogP contribution in [-0.2, 0) is 11.3 Å². The van der Waals surface area contributed by atoms with Crippen molar-refractivity contribution in [2.45, 2.75) is 31.8 Å². The number of fused-ring (bicyclic) bond motifs is 1. The summed E-state index contributed by atoms with van der Waals surface area (Å²) in [6.07, 6.45) is 10.4. The van der Waals surface area contributed by atoms with Gasteiger partial charge in [0.15, 0.2) is 0 Å². The Morgan fingerprint density at radius 2 is 1.92 bits per heavy atom. The average molecular weight is 563 g/mol. The van der Waals surface area contributed by atoms with Crippen molar-refractivity contribution in [2.24, 2.45) is 0 Å². The van der Waals surface area contributed by atoms with Gasteiger partial charge in [0.05, 0.1) is 44.6 Å². The Hall–Kier alpha value is -3.72. The lowest BCUT2D eigenvalue weighted by molar-refractivity contribution is -0.111. The fourth-order valence-corrected chi connectivity index (χ4v) is 4.89. The maximum atomic E-state index is 12.6. The van der Waals surface area contributed by atoms with Gasteiger partial charge < -0.3 is 16.0 Å². The van der Waals surface area contributed by atoms with E-state index in [2.05, 4.69) is 42.8 Å². The molecule has 2 aromatic heterocycles. The van der Waals surface area contributed by atoms with Crippen LogP contribution in [0.3, 0.4) is 0 Å². The molecule has 2 heterocycles. The van der Waals surface area contributed by atoms with Crippen LogP contribution in [0.2, 0.25) is 10.0 Å². The van der Waals surface area contributed by atoms with E-state index in [-0.39, 0.29) is 5.91 Å². The van der Waals surface area contributed by atoms with E-state index >= 15 is 0 Å². The van der Waals surface area contributed by atoms with Gasteiger partial charge in [0.25, 0.3) is 0 Å². The molecule has 0 saturated heterocycles. The second-order valence-electron chi connectivity index (χ2n) is 9.45. The Balaban J connectivity index is 1.28. The fourth-order valence-electron chi connectivity index (χ4n) is 4.34. The fraction of sp³-hybridized carbons (Fsp3) is 0.241. The number of hydrogen-bond donors (Lipinski definition) is 3. The Bertz CT molecular complexity index is 1490. The van der Waals surface area contributed by atoms with Crippen molar-refractivity contribution in [3.8, 4) is 0 Å². The number of nitrogens with one attached hydrogen (secondary N) is 3. The van der Waals surface area contributed by atoms with Crippen LogP contribution < -0.4 is 16.0 Å². The molecule has 1 fully saturated rings. The summed E-state index contributed by atoms with van der Waals surface area (Å²) in [5, 5.41) is 11.0. The van der Waals surface area contributed by atoms with E-state index in [4.69, 9.17) is 23.2 Å². The topological polar surface area (TPSA) is 95.1 Å². The molecule has 10 heteroatoms. The summed E-state index contributed by atoms with van der Waals surface area (Å²) in [6.45, 7) is 1.28. The quantitative estimate of drug-likeness (QED) is 0.186. The molecule has 1 aliphatic rings. The minimum Gasteiger partial charge on any atom is -0.378 e. The Kier molecular flexibility index (Phi) is 8.56. The number of nitrogens with zero attached hydrogens (tertiary/aromatic N) is 4. The highest BCUT2D eigenvalue weighted by molar-refractivity contribution is 6.39. The van der Waals surface area contributed by atoms with E-state index in [1.54, 1.807) is 30.5 Å². The first-order valence-corrected chi connectivity index (χ1v) is 13.5. The third kappa shape index (κ3) is 6.65. The number of hydrogen-bond acceptors (Lipinski definition) is 7. The van der Waals surface area contributed by atoms with Crippen molar-refractivity contribution in [1.82, 2.24) is 19.9 Å². The molecular weight excluding hydrogens is 533 g/mol. The van der Waals surface area contributed by atoms with Crippen LogP contribution in [0, 0.1) is 0 Å². The van der Waals surface area contributed by atoms with Gasteiger partial charge in [-0.3, -0.25) is 14.7 Å². The summed E-state index contributed by atoms with van der Waals surface area (Å²) >= 11 is 13.3. The Labute approximate surface area is 237 Å². The largest absolute Gasteiger partial charge is 0.378 e. The zero-order chi connectivity index (χ0) is 27.2. The molecule has 0 spiro atoms. The highest BCUT2D eigenvalue weighted by Gasteiger charge is 2.20. The van der Waals surface area contributed by atoms with Crippen molar-refractivity contribution >= 4 is 62.9 Å². The molecule has 39 heavy (non-hydrogen) atoms. The lowest BCUT2D eigenvalue weighted by Crippen LogP contribution is -2.37. The van der Waals surface area contributed by atoms with Gasteiger partial charge in [-0.2, -0.15) is 0 Å². The molecule has 0 aliphatic heterocycles. The van der Waals surface area contributed by atoms with Crippen LogP contribution in [0.15, 0.2) is 73.2 Å². The Morgan fingerprint density at radius 1 is 1.08 bits per heavy atom. The molecule has 200 valence electrons. The number of rotatable bonds is 10. The van der Waals surface area contributed by atoms with Gasteiger partial charge in [-0.05, 0) is 62.4 Å². The molecule has 1 saturated carbocycles. The summed E-state index contributed by atoms with van der Waals surface area (Å²) in [5.41, 5.74) is 3.56. The van der Waals surface area contributed by atoms with Crippen LogP contribution in [0.4, 0.5) is 22.9 Å². The number of likely N-dealkylation sites (N-methyl/N-ethyl adjacent to an activating group) is 1. The lowest BCUT2D eigenvalue weighted by atomic mass is 9.92. The number of benzene rings is 2. The molecule has 2 aromatic carbocycles. The van der Waals surface area contributed by atoms with Crippen molar-refractivity contribution < 1.29 is 4.79 Å². The predicted molar refractivity (Wildman–Crippen MR) is 159 cm³/mol. The molecule has 0 radical (unpaired) electrons. The van der Waals surface area contributed by atoms with E-state index < -0.39 is 0 Å². The smallest absolute Gasteiger partial charge is 0.248 e. The standard InChI is InChI=1S/C29H29Cl2N7O/c1-38(21-7-4-8-21)15-5-9-26(39)37-25-13-12-24-27(28(25)31)29(35-18-34-24)36-19-10-11-23(22(30)16-19)33-17-20-6-2-3-14-32-20/h2-3,5-6,9-14,16,18,21,33H,4,7-8,15,17H2,1H3,(H,37,39)(H,34,35,36)/b9-5+. The second kappa shape index (κ2) is 12.4. The van der Waals surface area contributed by atoms with Crippen LogP contribution in [0.1, 0.15) is 25.0 Å². The molecule has 0 atom stereocenters. The first-order chi connectivity index (χ1) is 19.0. The van der Waals surface area contributed by atoms with Gasteiger partial charge in [0.1, 0.15) is 12.1 Å². The number of halogens is 2. The number of aromatic nitrogens is 3. The molecule has 5 rings (SSSR count). The monoisotopic (exact) mass is 561 g/mol. The third-order valence-corrected chi connectivity index (χ3v) is 7.48. The molecule has 8 nitrogen and oxygen atoms in total. The van der Waals surface area contributed by atoms with Crippen molar-refractivity contribution in [3.63, 3.8) is 0 Å². The van der Waals surface area contributed by atoms with Crippen LogP contribution >= 0.6 is 23.2 Å².